The van der Waals surface area contributed by atoms with Crippen LogP contribution in [0.2, 0.25) is 0 Å². The van der Waals surface area contributed by atoms with E-state index < -0.39 is 0 Å². The van der Waals surface area contributed by atoms with Crippen molar-refractivity contribution in [3.05, 3.63) is 0 Å². The lowest BCUT2D eigenvalue weighted by atomic mass is 9.90. The van der Waals surface area contributed by atoms with Crippen molar-refractivity contribution in [3.63, 3.8) is 0 Å². The Morgan fingerprint density at radius 3 is 1.09 bits per heavy atom. The molecule has 0 fully saturated rings. The fraction of sp³-hybridized carbons (Fsp3) is 1.00. The molecular formula is C32H67N. The van der Waals surface area contributed by atoms with E-state index in [2.05, 4.69) is 32.6 Å². The number of rotatable bonds is 28. The van der Waals surface area contributed by atoms with Gasteiger partial charge in [-0.1, -0.05) is 163 Å². The molecule has 33 heavy (non-hydrogen) atoms. The van der Waals surface area contributed by atoms with Gasteiger partial charge in [0, 0.05) is 0 Å². The highest BCUT2D eigenvalue weighted by molar-refractivity contribution is 4.62. The van der Waals surface area contributed by atoms with E-state index in [-0.39, 0.29) is 0 Å². The molecule has 0 bridgehead atoms. The van der Waals surface area contributed by atoms with Crippen molar-refractivity contribution in [2.75, 3.05) is 19.6 Å². The van der Waals surface area contributed by atoms with E-state index in [1.54, 1.807) is 0 Å². The van der Waals surface area contributed by atoms with Gasteiger partial charge in [0.25, 0.3) is 0 Å². The van der Waals surface area contributed by atoms with Gasteiger partial charge in [0.2, 0.25) is 0 Å². The summed E-state index contributed by atoms with van der Waals surface area (Å²) in [6, 6.07) is 0. The molecular weight excluding hydrogens is 398 g/mol. The number of hydrogen-bond donors (Lipinski definition) is 0. The van der Waals surface area contributed by atoms with E-state index in [0.29, 0.717) is 0 Å². The van der Waals surface area contributed by atoms with Crippen LogP contribution >= 0.6 is 0 Å². The molecule has 0 atom stereocenters. The molecule has 0 radical (unpaired) electrons. The number of unbranched alkanes of at least 4 members (excludes halogenated alkanes) is 16. The zero-order chi connectivity index (χ0) is 24.2. The predicted molar refractivity (Wildman–Crippen MR) is 153 cm³/mol. The molecule has 0 rings (SSSR count). The zero-order valence-corrected chi connectivity index (χ0v) is 24.1. The van der Waals surface area contributed by atoms with Crippen LogP contribution in [0.15, 0.2) is 0 Å². The van der Waals surface area contributed by atoms with E-state index >= 15 is 0 Å². The topological polar surface area (TPSA) is 3.24 Å². The molecule has 1 heteroatoms. The van der Waals surface area contributed by atoms with E-state index in [0.717, 1.165) is 5.92 Å². The van der Waals surface area contributed by atoms with Gasteiger partial charge < -0.3 is 4.90 Å². The van der Waals surface area contributed by atoms with Gasteiger partial charge in [-0.15, -0.1) is 0 Å². The second-order valence-electron chi connectivity index (χ2n) is 11.1. The zero-order valence-electron chi connectivity index (χ0n) is 24.1. The third-order valence-electron chi connectivity index (χ3n) is 7.67. The molecule has 0 spiro atoms. The van der Waals surface area contributed by atoms with Crippen LogP contribution in [0, 0.1) is 5.92 Å². The lowest BCUT2D eigenvalue weighted by Gasteiger charge is -2.22. The van der Waals surface area contributed by atoms with Crippen LogP contribution in [0.25, 0.3) is 0 Å². The van der Waals surface area contributed by atoms with Crippen LogP contribution in [-0.2, 0) is 0 Å². The van der Waals surface area contributed by atoms with Gasteiger partial charge in [0.15, 0.2) is 0 Å². The molecule has 0 aromatic heterocycles. The maximum Gasteiger partial charge on any atom is -0.00187 e. The van der Waals surface area contributed by atoms with Gasteiger partial charge in [-0.05, 0) is 44.8 Å². The molecule has 0 aliphatic heterocycles. The minimum Gasteiger partial charge on any atom is -0.303 e. The molecule has 200 valence electrons. The minimum atomic E-state index is 1.03. The van der Waals surface area contributed by atoms with Crippen molar-refractivity contribution in [2.24, 2.45) is 5.92 Å². The van der Waals surface area contributed by atoms with E-state index in [1.807, 2.05) is 0 Å². The van der Waals surface area contributed by atoms with Crippen LogP contribution < -0.4 is 0 Å². The second-order valence-corrected chi connectivity index (χ2v) is 11.1. The average molecular weight is 466 g/mol. The van der Waals surface area contributed by atoms with Crippen molar-refractivity contribution >= 4 is 0 Å². The first kappa shape index (κ1) is 33.0. The standard InChI is InChI=1S/C32H67N/c1-5-9-13-14-19-24-30-33(29-12-8-4)31-25-20-17-15-16-18-23-28-32(26-21-10-6-2)27-22-11-7-3/h32H,5-31H2,1-4H3. The summed E-state index contributed by atoms with van der Waals surface area (Å²) in [6.07, 6.45) is 34.7. The maximum atomic E-state index is 2.78. The highest BCUT2D eigenvalue weighted by Gasteiger charge is 2.08. The van der Waals surface area contributed by atoms with Crippen LogP contribution in [0.4, 0.5) is 0 Å². The first-order valence-electron chi connectivity index (χ1n) is 16.0. The molecule has 0 unspecified atom stereocenters. The number of hydrogen-bond acceptors (Lipinski definition) is 1. The first-order valence-corrected chi connectivity index (χ1v) is 16.0. The molecule has 0 N–H and O–H groups in total. The summed E-state index contributed by atoms with van der Waals surface area (Å²) in [5, 5.41) is 0. The molecule has 0 aliphatic carbocycles. The summed E-state index contributed by atoms with van der Waals surface area (Å²) in [4.78, 5) is 2.78. The Hall–Kier alpha value is -0.0400. The van der Waals surface area contributed by atoms with E-state index in [4.69, 9.17) is 0 Å². The fourth-order valence-electron chi connectivity index (χ4n) is 5.28. The lowest BCUT2D eigenvalue weighted by Crippen LogP contribution is -2.27. The first-order chi connectivity index (χ1) is 16.3. The van der Waals surface area contributed by atoms with Gasteiger partial charge in [-0.2, -0.15) is 0 Å². The van der Waals surface area contributed by atoms with Crippen molar-refractivity contribution in [1.82, 2.24) is 4.90 Å². The summed E-state index contributed by atoms with van der Waals surface area (Å²) in [5.41, 5.74) is 0. The van der Waals surface area contributed by atoms with Crippen LogP contribution in [-0.4, -0.2) is 24.5 Å². The molecule has 0 aromatic rings. The summed E-state index contributed by atoms with van der Waals surface area (Å²) in [5.74, 6) is 1.03. The quantitative estimate of drug-likeness (QED) is 0.104. The maximum absolute atomic E-state index is 2.78. The molecule has 0 heterocycles. The minimum absolute atomic E-state index is 1.03. The van der Waals surface area contributed by atoms with Crippen molar-refractivity contribution in [1.29, 1.82) is 0 Å². The molecule has 0 aliphatic rings. The average Bonchev–Trinajstić information content (AvgIpc) is 2.82. The summed E-state index contributed by atoms with van der Waals surface area (Å²) < 4.78 is 0. The predicted octanol–water partition coefficient (Wildman–Crippen LogP) is 11.3. The molecule has 0 aromatic carbocycles. The molecule has 0 saturated heterocycles. The van der Waals surface area contributed by atoms with Gasteiger partial charge in [0.05, 0.1) is 0 Å². The van der Waals surface area contributed by atoms with Gasteiger partial charge >= 0.3 is 0 Å². The fourth-order valence-corrected chi connectivity index (χ4v) is 5.28. The second kappa shape index (κ2) is 28.2. The summed E-state index contributed by atoms with van der Waals surface area (Å²) >= 11 is 0. The Labute approximate surface area is 212 Å². The Bertz CT molecular complexity index is 329. The Morgan fingerprint density at radius 2 is 0.636 bits per heavy atom. The Balaban J connectivity index is 3.75. The molecule has 1 nitrogen and oxygen atoms in total. The lowest BCUT2D eigenvalue weighted by molar-refractivity contribution is 0.256. The summed E-state index contributed by atoms with van der Waals surface area (Å²) in [7, 11) is 0. The monoisotopic (exact) mass is 466 g/mol. The Kier molecular flexibility index (Phi) is 28.2. The van der Waals surface area contributed by atoms with Crippen LogP contribution in [0.5, 0.6) is 0 Å². The molecule has 0 saturated carbocycles. The normalized spacial score (nSPS) is 11.8. The van der Waals surface area contributed by atoms with Crippen LogP contribution in [0.1, 0.15) is 182 Å². The SMILES string of the molecule is CCCCCCCCN(CCCC)CCCCCCCCCC(CCCCC)CCCCC. The van der Waals surface area contributed by atoms with Crippen molar-refractivity contribution in [3.8, 4) is 0 Å². The highest BCUT2D eigenvalue weighted by Crippen LogP contribution is 2.24. The molecule has 0 amide bonds. The van der Waals surface area contributed by atoms with Gasteiger partial charge in [0.1, 0.15) is 0 Å². The largest absolute Gasteiger partial charge is 0.303 e. The van der Waals surface area contributed by atoms with Gasteiger partial charge in [-0.25, -0.2) is 0 Å². The van der Waals surface area contributed by atoms with Gasteiger partial charge in [-0.3, -0.25) is 0 Å². The van der Waals surface area contributed by atoms with Crippen molar-refractivity contribution in [2.45, 2.75) is 182 Å². The number of nitrogens with zero attached hydrogens (tertiary/aromatic N) is 1. The smallest absolute Gasteiger partial charge is 0.00187 e. The third-order valence-corrected chi connectivity index (χ3v) is 7.67. The highest BCUT2D eigenvalue weighted by atomic mass is 15.1. The third kappa shape index (κ3) is 24.9. The van der Waals surface area contributed by atoms with Crippen molar-refractivity contribution < 1.29 is 0 Å². The van der Waals surface area contributed by atoms with E-state index in [9.17, 15) is 0 Å². The van der Waals surface area contributed by atoms with E-state index in [1.165, 1.54) is 174 Å². The Morgan fingerprint density at radius 1 is 0.333 bits per heavy atom. The summed E-state index contributed by atoms with van der Waals surface area (Å²) in [6.45, 7) is 13.4. The van der Waals surface area contributed by atoms with Crippen LogP contribution in [0.3, 0.4) is 0 Å².